The first-order valence-electron chi connectivity index (χ1n) is 5.16. The maximum absolute atomic E-state index is 11.3. The van der Waals surface area contributed by atoms with Crippen molar-refractivity contribution in [2.24, 2.45) is 0 Å². The summed E-state index contributed by atoms with van der Waals surface area (Å²) in [5, 5.41) is 0. The molecule has 1 heterocycles. The summed E-state index contributed by atoms with van der Waals surface area (Å²) in [6.07, 6.45) is 0. The predicted molar refractivity (Wildman–Crippen MR) is 64.1 cm³/mol. The zero-order valence-electron chi connectivity index (χ0n) is 9.69. The average molecular weight is 231 g/mol. The number of carbonyl (C=O) groups is 1. The van der Waals surface area contributed by atoms with Gasteiger partial charge in [0.2, 0.25) is 0 Å². The number of nitrogens with one attached hydrogen (secondary N) is 1. The van der Waals surface area contributed by atoms with Crippen LogP contribution in [0.2, 0.25) is 0 Å². The number of aromatic amines is 1. The molecular formula is C13H13NO3. The monoisotopic (exact) mass is 231 g/mol. The van der Waals surface area contributed by atoms with Crippen molar-refractivity contribution in [1.29, 1.82) is 0 Å². The van der Waals surface area contributed by atoms with Crippen molar-refractivity contribution >= 4 is 5.97 Å². The molecule has 0 spiro atoms. The molecule has 4 nitrogen and oxygen atoms in total. The normalized spacial score (nSPS) is 10.0. The van der Waals surface area contributed by atoms with Crippen LogP contribution in [0.25, 0.3) is 11.3 Å². The van der Waals surface area contributed by atoms with Gasteiger partial charge in [-0.15, -0.1) is 0 Å². The first-order valence-corrected chi connectivity index (χ1v) is 5.16. The average Bonchev–Trinajstić information content (AvgIpc) is 2.87. The van der Waals surface area contributed by atoms with Gasteiger partial charge in [0.15, 0.2) is 0 Å². The molecule has 2 aromatic rings. The molecule has 0 saturated carbocycles. The Morgan fingerprint density at radius 2 is 1.76 bits per heavy atom. The number of benzene rings is 1. The van der Waals surface area contributed by atoms with Crippen LogP contribution in [0.1, 0.15) is 10.5 Å². The van der Waals surface area contributed by atoms with Crippen molar-refractivity contribution in [2.45, 2.75) is 0 Å². The largest absolute Gasteiger partial charge is 0.497 e. The minimum absolute atomic E-state index is 0.371. The van der Waals surface area contributed by atoms with E-state index in [2.05, 4.69) is 9.72 Å². The van der Waals surface area contributed by atoms with E-state index in [-0.39, 0.29) is 5.97 Å². The summed E-state index contributed by atoms with van der Waals surface area (Å²) in [5.41, 5.74) is 2.30. The zero-order chi connectivity index (χ0) is 12.3. The lowest BCUT2D eigenvalue weighted by atomic mass is 10.1. The fraction of sp³-hybridized carbons (Fsp3) is 0.154. The van der Waals surface area contributed by atoms with E-state index in [1.807, 2.05) is 30.3 Å². The fourth-order valence-corrected chi connectivity index (χ4v) is 1.56. The van der Waals surface area contributed by atoms with Gasteiger partial charge in [0.1, 0.15) is 11.4 Å². The van der Waals surface area contributed by atoms with Crippen LogP contribution in [-0.4, -0.2) is 25.2 Å². The molecule has 0 bridgehead atoms. The van der Waals surface area contributed by atoms with Gasteiger partial charge in [0, 0.05) is 5.69 Å². The van der Waals surface area contributed by atoms with E-state index in [0.29, 0.717) is 5.69 Å². The van der Waals surface area contributed by atoms with Crippen molar-refractivity contribution in [1.82, 2.24) is 4.98 Å². The molecule has 1 N–H and O–H groups in total. The highest BCUT2D eigenvalue weighted by Gasteiger charge is 2.08. The third-order valence-corrected chi connectivity index (χ3v) is 2.49. The third kappa shape index (κ3) is 2.30. The Morgan fingerprint density at radius 3 is 2.35 bits per heavy atom. The van der Waals surface area contributed by atoms with Gasteiger partial charge in [-0.1, -0.05) is 0 Å². The lowest BCUT2D eigenvalue weighted by molar-refractivity contribution is 0.0595. The van der Waals surface area contributed by atoms with E-state index in [1.54, 1.807) is 13.2 Å². The first-order chi connectivity index (χ1) is 8.24. The van der Waals surface area contributed by atoms with Crippen LogP contribution in [-0.2, 0) is 4.74 Å². The highest BCUT2D eigenvalue weighted by atomic mass is 16.5. The molecular weight excluding hydrogens is 218 g/mol. The highest BCUT2D eigenvalue weighted by Crippen LogP contribution is 2.21. The lowest BCUT2D eigenvalue weighted by Gasteiger charge is -2.01. The number of aromatic nitrogens is 1. The Labute approximate surface area is 99.2 Å². The van der Waals surface area contributed by atoms with Gasteiger partial charge in [-0.2, -0.15) is 0 Å². The number of methoxy groups -OCH3 is 2. The molecule has 2 rings (SSSR count). The molecule has 17 heavy (non-hydrogen) atoms. The standard InChI is InChI=1S/C13H13NO3/c1-16-10-5-3-9(4-6-10)11-7-8-12(14-11)13(15)17-2/h3-8,14H,1-2H3. The Morgan fingerprint density at radius 1 is 1.06 bits per heavy atom. The maximum atomic E-state index is 11.3. The molecule has 1 aromatic carbocycles. The van der Waals surface area contributed by atoms with E-state index in [1.165, 1.54) is 7.11 Å². The number of ether oxygens (including phenoxy) is 2. The Bertz CT molecular complexity index is 514. The van der Waals surface area contributed by atoms with Crippen LogP contribution < -0.4 is 4.74 Å². The predicted octanol–water partition coefficient (Wildman–Crippen LogP) is 2.48. The van der Waals surface area contributed by atoms with Gasteiger partial charge >= 0.3 is 5.97 Å². The van der Waals surface area contributed by atoms with Crippen LogP contribution in [0.15, 0.2) is 36.4 Å². The summed E-state index contributed by atoms with van der Waals surface area (Å²) in [6.45, 7) is 0. The summed E-state index contributed by atoms with van der Waals surface area (Å²) in [5.74, 6) is 0.429. The molecule has 0 atom stereocenters. The molecule has 0 unspecified atom stereocenters. The summed E-state index contributed by atoms with van der Waals surface area (Å²) in [4.78, 5) is 14.3. The Hall–Kier alpha value is -2.23. The van der Waals surface area contributed by atoms with E-state index in [9.17, 15) is 4.79 Å². The van der Waals surface area contributed by atoms with Crippen molar-refractivity contribution in [3.05, 3.63) is 42.1 Å². The molecule has 0 aliphatic heterocycles. The second-order valence-corrected chi connectivity index (χ2v) is 3.51. The number of H-pyrrole nitrogens is 1. The minimum Gasteiger partial charge on any atom is -0.497 e. The number of carbonyl (C=O) groups excluding carboxylic acids is 1. The number of hydrogen-bond acceptors (Lipinski definition) is 3. The maximum Gasteiger partial charge on any atom is 0.354 e. The van der Waals surface area contributed by atoms with Gasteiger partial charge in [0.05, 0.1) is 14.2 Å². The van der Waals surface area contributed by atoms with Crippen molar-refractivity contribution in [3.8, 4) is 17.0 Å². The Balaban J connectivity index is 2.27. The van der Waals surface area contributed by atoms with Crippen LogP contribution in [0.5, 0.6) is 5.75 Å². The highest BCUT2D eigenvalue weighted by molar-refractivity contribution is 5.88. The Kier molecular flexibility index (Phi) is 3.14. The topological polar surface area (TPSA) is 51.3 Å². The van der Waals surface area contributed by atoms with Gasteiger partial charge in [-0.3, -0.25) is 0 Å². The van der Waals surface area contributed by atoms with Crippen LogP contribution in [0.4, 0.5) is 0 Å². The quantitative estimate of drug-likeness (QED) is 0.825. The van der Waals surface area contributed by atoms with Crippen LogP contribution in [0.3, 0.4) is 0 Å². The molecule has 0 saturated heterocycles. The minimum atomic E-state index is -0.371. The summed E-state index contributed by atoms with van der Waals surface area (Å²) in [7, 11) is 2.98. The summed E-state index contributed by atoms with van der Waals surface area (Å²) in [6, 6.07) is 11.1. The summed E-state index contributed by atoms with van der Waals surface area (Å²) < 4.78 is 9.71. The SMILES string of the molecule is COC(=O)c1ccc(-c2ccc(OC)cc2)[nH]1. The molecule has 0 aliphatic carbocycles. The molecule has 4 heteroatoms. The van der Waals surface area contributed by atoms with Gasteiger partial charge in [0.25, 0.3) is 0 Å². The molecule has 0 radical (unpaired) electrons. The molecule has 88 valence electrons. The van der Waals surface area contributed by atoms with Crippen molar-refractivity contribution in [2.75, 3.05) is 14.2 Å². The van der Waals surface area contributed by atoms with E-state index >= 15 is 0 Å². The third-order valence-electron chi connectivity index (χ3n) is 2.49. The molecule has 1 aromatic heterocycles. The second-order valence-electron chi connectivity index (χ2n) is 3.51. The zero-order valence-corrected chi connectivity index (χ0v) is 9.69. The van der Waals surface area contributed by atoms with Gasteiger partial charge in [-0.05, 0) is 42.0 Å². The fourth-order valence-electron chi connectivity index (χ4n) is 1.56. The molecule has 0 amide bonds. The van der Waals surface area contributed by atoms with E-state index in [0.717, 1.165) is 17.0 Å². The van der Waals surface area contributed by atoms with Gasteiger partial charge < -0.3 is 14.5 Å². The summed E-state index contributed by atoms with van der Waals surface area (Å²) >= 11 is 0. The lowest BCUT2D eigenvalue weighted by Crippen LogP contribution is -2.00. The van der Waals surface area contributed by atoms with Crippen LogP contribution in [0, 0.1) is 0 Å². The number of rotatable bonds is 3. The molecule has 0 aliphatic rings. The first kappa shape index (κ1) is 11.3. The van der Waals surface area contributed by atoms with Crippen molar-refractivity contribution < 1.29 is 14.3 Å². The van der Waals surface area contributed by atoms with Crippen molar-refractivity contribution in [3.63, 3.8) is 0 Å². The molecule has 0 fully saturated rings. The van der Waals surface area contributed by atoms with Gasteiger partial charge in [-0.25, -0.2) is 4.79 Å². The van der Waals surface area contributed by atoms with E-state index < -0.39 is 0 Å². The number of hydrogen-bond donors (Lipinski definition) is 1. The van der Waals surface area contributed by atoms with E-state index in [4.69, 9.17) is 4.74 Å². The second kappa shape index (κ2) is 4.74. The van der Waals surface area contributed by atoms with Crippen LogP contribution >= 0.6 is 0 Å². The smallest absolute Gasteiger partial charge is 0.354 e. The number of esters is 1.